The number of nitrogens with zero attached hydrogens (tertiary/aromatic N) is 4. The number of rotatable bonds is 7. The lowest BCUT2D eigenvalue weighted by Gasteiger charge is -2.33. The van der Waals surface area contributed by atoms with E-state index < -0.39 is 29.4 Å². The summed E-state index contributed by atoms with van der Waals surface area (Å²) in [6.07, 6.45) is -0.135. The van der Waals surface area contributed by atoms with Crippen molar-refractivity contribution < 1.29 is 27.3 Å². The molecule has 13 heteroatoms. The van der Waals surface area contributed by atoms with Gasteiger partial charge in [0.15, 0.2) is 17.1 Å². The van der Waals surface area contributed by atoms with Crippen LogP contribution < -0.4 is 14.8 Å². The highest BCUT2D eigenvalue weighted by molar-refractivity contribution is 7.85. The number of halogens is 3. The van der Waals surface area contributed by atoms with Gasteiger partial charge in [-0.3, -0.25) is 9.00 Å². The molecule has 3 aromatic rings. The molecular weight excluding hydrogens is 504 g/mol. The Bertz CT molecular complexity index is 1290. The smallest absolute Gasteiger partial charge is 0.287 e. The minimum atomic E-state index is -2.68. The summed E-state index contributed by atoms with van der Waals surface area (Å²) in [6, 6.07) is 2.97. The molecule has 0 saturated carbocycles. The third-order valence-electron chi connectivity index (χ3n) is 5.76. The Morgan fingerprint density at radius 3 is 2.69 bits per heavy atom. The molecule has 0 atom stereocenters. The molecule has 188 valence electrons. The third kappa shape index (κ3) is 5.69. The topological polar surface area (TPSA) is 108 Å². The standard InChI is InChI=1S/C22H24ClF2N5O4S/c1-12-15(34-21-16(33-11-17(24)25)8-13(23)10-26-21)9-14-18(27-12)28-19(30(14)3)20(31)29-22(2)4-6-35(32)7-5-22/h8-10,17H,4-7,11H2,1-3H3,(H,29,31). The summed E-state index contributed by atoms with van der Waals surface area (Å²) in [5.41, 5.74) is 0.849. The number of hydrogen-bond donors (Lipinski definition) is 1. The summed E-state index contributed by atoms with van der Waals surface area (Å²) in [4.78, 5) is 25.9. The van der Waals surface area contributed by atoms with Gasteiger partial charge in [-0.1, -0.05) is 11.6 Å². The van der Waals surface area contributed by atoms with Crippen LogP contribution in [0.5, 0.6) is 17.4 Å². The summed E-state index contributed by atoms with van der Waals surface area (Å²) in [5, 5.41) is 3.22. The van der Waals surface area contributed by atoms with Crippen LogP contribution in [0.2, 0.25) is 5.02 Å². The Balaban J connectivity index is 1.61. The van der Waals surface area contributed by atoms with Crippen LogP contribution in [0.1, 0.15) is 36.1 Å². The van der Waals surface area contributed by atoms with Crippen LogP contribution in [0.3, 0.4) is 0 Å². The van der Waals surface area contributed by atoms with Gasteiger partial charge in [0, 0.05) is 53.2 Å². The van der Waals surface area contributed by atoms with Crippen LogP contribution in [-0.2, 0) is 17.8 Å². The third-order valence-corrected chi connectivity index (χ3v) is 7.28. The molecule has 4 heterocycles. The predicted molar refractivity (Wildman–Crippen MR) is 127 cm³/mol. The number of carbonyl (C=O) groups is 1. The van der Waals surface area contributed by atoms with Crippen molar-refractivity contribution in [1.82, 2.24) is 24.8 Å². The van der Waals surface area contributed by atoms with Crippen molar-refractivity contribution in [3.8, 4) is 17.4 Å². The van der Waals surface area contributed by atoms with Crippen molar-refractivity contribution in [2.45, 2.75) is 38.7 Å². The highest BCUT2D eigenvalue weighted by atomic mass is 35.5. The fourth-order valence-electron chi connectivity index (χ4n) is 3.69. The van der Waals surface area contributed by atoms with Crippen molar-refractivity contribution in [3.63, 3.8) is 0 Å². The van der Waals surface area contributed by atoms with Crippen molar-refractivity contribution in [2.24, 2.45) is 7.05 Å². The Morgan fingerprint density at radius 2 is 2.00 bits per heavy atom. The molecule has 0 aromatic carbocycles. The molecule has 1 saturated heterocycles. The number of fused-ring (bicyclic) bond motifs is 1. The number of imidazole rings is 1. The molecule has 9 nitrogen and oxygen atoms in total. The van der Waals surface area contributed by atoms with E-state index >= 15 is 0 Å². The molecule has 0 radical (unpaired) electrons. The van der Waals surface area contributed by atoms with Gasteiger partial charge < -0.3 is 19.4 Å². The molecule has 1 aliphatic rings. The van der Waals surface area contributed by atoms with Crippen LogP contribution in [0.25, 0.3) is 11.2 Å². The van der Waals surface area contributed by atoms with Gasteiger partial charge >= 0.3 is 0 Å². The van der Waals surface area contributed by atoms with Gasteiger partial charge in [0.05, 0.1) is 16.2 Å². The van der Waals surface area contributed by atoms with Gasteiger partial charge in [0.1, 0.15) is 6.61 Å². The molecular formula is C22H24ClF2N5O4S. The van der Waals surface area contributed by atoms with E-state index in [1.165, 1.54) is 12.3 Å². The molecule has 0 bridgehead atoms. The van der Waals surface area contributed by atoms with E-state index in [1.54, 1.807) is 24.6 Å². The summed E-state index contributed by atoms with van der Waals surface area (Å²) in [7, 11) is 0.835. The predicted octanol–water partition coefficient (Wildman–Crippen LogP) is 3.79. The molecule has 1 amide bonds. The van der Waals surface area contributed by atoms with Gasteiger partial charge in [0.25, 0.3) is 18.2 Å². The average Bonchev–Trinajstić information content (AvgIpc) is 3.11. The lowest BCUT2D eigenvalue weighted by Crippen LogP contribution is -2.50. The number of aromatic nitrogens is 4. The zero-order valence-corrected chi connectivity index (χ0v) is 20.9. The highest BCUT2D eigenvalue weighted by Gasteiger charge is 2.32. The number of nitrogens with one attached hydrogen (secondary N) is 1. The van der Waals surface area contributed by atoms with Crippen LogP contribution in [0.4, 0.5) is 8.78 Å². The monoisotopic (exact) mass is 527 g/mol. The molecule has 0 spiro atoms. The van der Waals surface area contributed by atoms with Gasteiger partial charge in [-0.25, -0.2) is 23.7 Å². The lowest BCUT2D eigenvalue weighted by molar-refractivity contribution is 0.0804. The Labute approximate surface area is 207 Å². The summed E-state index contributed by atoms with van der Waals surface area (Å²) >= 11 is 5.92. The number of aryl methyl sites for hydroxylation is 2. The van der Waals surface area contributed by atoms with E-state index in [1.807, 2.05) is 6.92 Å². The lowest BCUT2D eigenvalue weighted by atomic mass is 9.95. The molecule has 1 fully saturated rings. The SMILES string of the molecule is Cc1nc2nc(C(=O)NC3(C)CCS(=O)CC3)n(C)c2cc1Oc1ncc(Cl)cc1OCC(F)F. The molecule has 1 N–H and O–H groups in total. The second-order valence-corrected chi connectivity index (χ2v) is 10.7. The zero-order valence-electron chi connectivity index (χ0n) is 19.3. The van der Waals surface area contributed by atoms with Crippen LogP contribution >= 0.6 is 11.6 Å². The van der Waals surface area contributed by atoms with E-state index in [9.17, 15) is 17.8 Å². The Kier molecular flexibility index (Phi) is 7.22. The Hall–Kier alpha value is -2.86. The molecule has 1 aliphatic heterocycles. The van der Waals surface area contributed by atoms with Gasteiger partial charge in [-0.2, -0.15) is 0 Å². The van der Waals surface area contributed by atoms with Crippen molar-refractivity contribution >= 4 is 39.5 Å². The number of amides is 1. The fraction of sp³-hybridized carbons (Fsp3) is 0.455. The number of alkyl halides is 2. The summed E-state index contributed by atoms with van der Waals surface area (Å²) in [6.45, 7) is 2.77. The van der Waals surface area contributed by atoms with Crippen LogP contribution in [0, 0.1) is 6.92 Å². The van der Waals surface area contributed by atoms with Gasteiger partial charge in [0.2, 0.25) is 5.82 Å². The van der Waals surface area contributed by atoms with E-state index in [0.717, 1.165) is 0 Å². The Morgan fingerprint density at radius 1 is 1.29 bits per heavy atom. The second kappa shape index (κ2) is 10.0. The maximum absolute atomic E-state index is 13.0. The van der Waals surface area contributed by atoms with E-state index in [2.05, 4.69) is 20.3 Å². The first-order valence-electron chi connectivity index (χ1n) is 10.8. The molecule has 0 unspecified atom stereocenters. The quantitative estimate of drug-likeness (QED) is 0.498. The van der Waals surface area contributed by atoms with E-state index in [-0.39, 0.29) is 34.1 Å². The van der Waals surface area contributed by atoms with Crippen LogP contribution in [0.15, 0.2) is 18.3 Å². The summed E-state index contributed by atoms with van der Waals surface area (Å²) in [5.74, 6) is 1.09. The van der Waals surface area contributed by atoms with Crippen molar-refractivity contribution in [1.29, 1.82) is 0 Å². The number of ether oxygens (including phenoxy) is 2. The first-order chi connectivity index (χ1) is 16.5. The normalized spacial score (nSPS) is 20.3. The largest absolute Gasteiger partial charge is 0.482 e. The minimum Gasteiger partial charge on any atom is -0.482 e. The van der Waals surface area contributed by atoms with Gasteiger partial charge in [-0.05, 0) is 26.7 Å². The maximum Gasteiger partial charge on any atom is 0.287 e. The number of carbonyl (C=O) groups excluding carboxylic acids is 1. The van der Waals surface area contributed by atoms with E-state index in [4.69, 9.17) is 21.1 Å². The molecule has 3 aromatic heterocycles. The second-order valence-electron chi connectivity index (χ2n) is 8.53. The maximum atomic E-state index is 13.0. The fourth-order valence-corrected chi connectivity index (χ4v) is 5.40. The first kappa shape index (κ1) is 25.2. The van der Waals surface area contributed by atoms with Crippen molar-refractivity contribution in [3.05, 3.63) is 34.9 Å². The molecule has 35 heavy (non-hydrogen) atoms. The van der Waals surface area contributed by atoms with Gasteiger partial charge in [-0.15, -0.1) is 0 Å². The number of pyridine rings is 2. The molecule has 4 rings (SSSR count). The zero-order chi connectivity index (χ0) is 25.3. The highest BCUT2D eigenvalue weighted by Crippen LogP contribution is 2.34. The van der Waals surface area contributed by atoms with Crippen LogP contribution in [-0.4, -0.2) is 59.7 Å². The average molecular weight is 528 g/mol. The summed E-state index contributed by atoms with van der Waals surface area (Å²) < 4.78 is 49.5. The molecule has 0 aliphatic carbocycles. The van der Waals surface area contributed by atoms with Crippen molar-refractivity contribution in [2.75, 3.05) is 18.1 Å². The number of hydrogen-bond acceptors (Lipinski definition) is 7. The van der Waals surface area contributed by atoms with E-state index in [0.29, 0.717) is 41.2 Å². The minimum absolute atomic E-state index is 0.0379. The first-order valence-corrected chi connectivity index (χ1v) is 12.7.